The van der Waals surface area contributed by atoms with Crippen molar-refractivity contribution < 1.29 is 22.7 Å². The third-order valence-electron chi connectivity index (χ3n) is 6.70. The number of amides is 2. The van der Waals surface area contributed by atoms with Gasteiger partial charge in [-0.25, -0.2) is 8.42 Å². The predicted molar refractivity (Wildman–Crippen MR) is 162 cm³/mol. The number of ether oxygens (including phenoxy) is 1. The van der Waals surface area contributed by atoms with E-state index in [-0.39, 0.29) is 17.3 Å². The molecule has 0 bridgehead atoms. The molecule has 220 valence electrons. The van der Waals surface area contributed by atoms with Gasteiger partial charge in [-0.05, 0) is 68.7 Å². The number of anilines is 1. The van der Waals surface area contributed by atoms with Crippen molar-refractivity contribution >= 4 is 27.5 Å². The van der Waals surface area contributed by atoms with E-state index in [1.807, 2.05) is 52.0 Å². The number of nitrogens with zero attached hydrogens (tertiary/aromatic N) is 2. The summed E-state index contributed by atoms with van der Waals surface area (Å²) in [5.74, 6) is -0.164. The van der Waals surface area contributed by atoms with Crippen LogP contribution >= 0.6 is 0 Å². The summed E-state index contributed by atoms with van der Waals surface area (Å²) in [5.41, 5.74) is 2.24. The lowest BCUT2D eigenvalue weighted by Crippen LogP contribution is -2.52. The maximum absolute atomic E-state index is 14.1. The minimum Gasteiger partial charge on any atom is -0.494 e. The maximum atomic E-state index is 14.1. The number of rotatable bonds is 15. The summed E-state index contributed by atoms with van der Waals surface area (Å²) >= 11 is 0. The second-order valence-electron chi connectivity index (χ2n) is 9.83. The zero-order valence-corrected chi connectivity index (χ0v) is 25.2. The third kappa shape index (κ3) is 8.57. The van der Waals surface area contributed by atoms with Crippen molar-refractivity contribution in [3.8, 4) is 5.75 Å². The molecule has 8 nitrogen and oxygen atoms in total. The Labute approximate surface area is 244 Å². The molecule has 41 heavy (non-hydrogen) atoms. The Balaban J connectivity index is 2.00. The number of carbonyl (C=O) groups is 2. The van der Waals surface area contributed by atoms with Crippen molar-refractivity contribution in [2.24, 2.45) is 0 Å². The number of benzene rings is 3. The highest BCUT2D eigenvalue weighted by Gasteiger charge is 2.33. The molecule has 0 heterocycles. The molecule has 0 unspecified atom stereocenters. The summed E-state index contributed by atoms with van der Waals surface area (Å²) in [6.45, 7) is 8.38. The van der Waals surface area contributed by atoms with Crippen LogP contribution in [0.25, 0.3) is 0 Å². The SMILES string of the molecule is CCCCNC(=O)[C@H](CC)N(Cc1cccc(C)c1)C(=O)CN(c1ccccc1)S(=O)(=O)c1ccc(OCC)cc1. The topological polar surface area (TPSA) is 96.0 Å². The molecule has 3 aromatic rings. The molecule has 0 saturated carbocycles. The van der Waals surface area contributed by atoms with Crippen molar-refractivity contribution in [2.75, 3.05) is 24.0 Å². The van der Waals surface area contributed by atoms with Gasteiger partial charge in [0.15, 0.2) is 0 Å². The third-order valence-corrected chi connectivity index (χ3v) is 8.48. The van der Waals surface area contributed by atoms with Crippen molar-refractivity contribution in [2.45, 2.75) is 64.4 Å². The normalized spacial score (nSPS) is 11.9. The molecule has 1 atom stereocenters. The minimum absolute atomic E-state index is 0.0344. The van der Waals surface area contributed by atoms with Crippen molar-refractivity contribution in [1.29, 1.82) is 0 Å². The van der Waals surface area contributed by atoms with Crippen LogP contribution in [0.4, 0.5) is 5.69 Å². The van der Waals surface area contributed by atoms with Crippen LogP contribution in [-0.4, -0.2) is 50.9 Å². The summed E-state index contributed by atoms with van der Waals surface area (Å²) in [7, 11) is -4.13. The highest BCUT2D eigenvalue weighted by Crippen LogP contribution is 2.26. The summed E-state index contributed by atoms with van der Waals surface area (Å²) in [6, 6.07) is 21.7. The van der Waals surface area contributed by atoms with Crippen LogP contribution in [0, 0.1) is 6.92 Å². The first kappa shape index (κ1) is 31.7. The zero-order valence-electron chi connectivity index (χ0n) is 24.4. The van der Waals surface area contributed by atoms with Crippen LogP contribution in [0.3, 0.4) is 0 Å². The maximum Gasteiger partial charge on any atom is 0.264 e. The Morgan fingerprint density at radius 3 is 2.24 bits per heavy atom. The Kier molecular flexibility index (Phi) is 11.8. The van der Waals surface area contributed by atoms with E-state index >= 15 is 0 Å². The van der Waals surface area contributed by atoms with Crippen LogP contribution in [0.5, 0.6) is 5.75 Å². The van der Waals surface area contributed by atoms with Crippen molar-refractivity contribution in [3.63, 3.8) is 0 Å². The van der Waals surface area contributed by atoms with Crippen molar-refractivity contribution in [1.82, 2.24) is 10.2 Å². The molecule has 2 amide bonds. The highest BCUT2D eigenvalue weighted by atomic mass is 32.2. The number of para-hydroxylation sites is 1. The number of carbonyl (C=O) groups excluding carboxylic acids is 2. The molecular formula is C32H41N3O5S. The smallest absolute Gasteiger partial charge is 0.264 e. The number of hydrogen-bond acceptors (Lipinski definition) is 5. The van der Waals surface area contributed by atoms with E-state index in [0.717, 1.165) is 28.3 Å². The zero-order chi connectivity index (χ0) is 29.8. The largest absolute Gasteiger partial charge is 0.494 e. The van der Waals surface area contributed by atoms with Crippen LogP contribution < -0.4 is 14.4 Å². The van der Waals surface area contributed by atoms with Gasteiger partial charge in [-0.1, -0.05) is 68.3 Å². The highest BCUT2D eigenvalue weighted by molar-refractivity contribution is 7.92. The second-order valence-corrected chi connectivity index (χ2v) is 11.7. The first-order valence-electron chi connectivity index (χ1n) is 14.1. The Morgan fingerprint density at radius 2 is 1.63 bits per heavy atom. The molecule has 0 aliphatic rings. The number of sulfonamides is 1. The van der Waals surface area contributed by atoms with E-state index < -0.39 is 28.5 Å². The molecule has 9 heteroatoms. The summed E-state index contributed by atoms with van der Waals surface area (Å²) < 4.78 is 34.5. The predicted octanol–water partition coefficient (Wildman–Crippen LogP) is 5.31. The van der Waals surface area contributed by atoms with E-state index in [4.69, 9.17) is 4.74 Å². The van der Waals surface area contributed by atoms with Gasteiger partial charge in [-0.2, -0.15) is 0 Å². The second kappa shape index (κ2) is 15.2. The van der Waals surface area contributed by atoms with Gasteiger partial charge in [-0.15, -0.1) is 0 Å². The van der Waals surface area contributed by atoms with E-state index in [0.29, 0.717) is 31.0 Å². The fourth-order valence-corrected chi connectivity index (χ4v) is 5.97. The molecule has 3 rings (SSSR count). The lowest BCUT2D eigenvalue weighted by atomic mass is 10.1. The lowest BCUT2D eigenvalue weighted by molar-refractivity contribution is -0.140. The summed E-state index contributed by atoms with van der Waals surface area (Å²) in [6.07, 6.45) is 2.14. The first-order valence-corrected chi connectivity index (χ1v) is 15.6. The lowest BCUT2D eigenvalue weighted by Gasteiger charge is -2.33. The van der Waals surface area contributed by atoms with E-state index in [2.05, 4.69) is 5.32 Å². The standard InChI is InChI=1S/C32H41N3O5S/c1-5-8-21-33-32(37)30(6-2)34(23-26-14-12-13-25(4)22-26)31(36)24-35(27-15-10-9-11-16-27)41(38,39)29-19-17-28(18-20-29)40-7-3/h9-20,22,30H,5-8,21,23-24H2,1-4H3,(H,33,37)/t30-/m0/s1. The minimum atomic E-state index is -4.13. The molecule has 3 aromatic carbocycles. The first-order chi connectivity index (χ1) is 19.7. The van der Waals surface area contributed by atoms with Gasteiger partial charge in [0.2, 0.25) is 11.8 Å². The Hall–Kier alpha value is -3.85. The van der Waals surface area contributed by atoms with Gasteiger partial charge >= 0.3 is 0 Å². The molecule has 0 radical (unpaired) electrons. The number of hydrogen-bond donors (Lipinski definition) is 1. The summed E-state index contributed by atoms with van der Waals surface area (Å²) in [4.78, 5) is 28.9. The van der Waals surface area contributed by atoms with Gasteiger partial charge in [-0.3, -0.25) is 13.9 Å². The molecule has 0 saturated heterocycles. The van der Waals surface area contributed by atoms with Gasteiger partial charge in [0, 0.05) is 13.1 Å². The molecule has 0 fully saturated rings. The number of nitrogens with one attached hydrogen (secondary N) is 1. The molecule has 1 N–H and O–H groups in total. The molecule has 0 spiro atoms. The monoisotopic (exact) mass is 579 g/mol. The number of aryl methyl sites for hydroxylation is 1. The summed E-state index contributed by atoms with van der Waals surface area (Å²) in [5, 5.41) is 2.95. The Morgan fingerprint density at radius 1 is 0.927 bits per heavy atom. The van der Waals surface area contributed by atoms with Gasteiger partial charge in [0.05, 0.1) is 17.2 Å². The van der Waals surface area contributed by atoms with Crippen LogP contribution in [0.1, 0.15) is 51.2 Å². The Bertz CT molecular complexity index is 1380. The van der Waals surface area contributed by atoms with Crippen LogP contribution in [0.15, 0.2) is 83.8 Å². The fourth-order valence-electron chi connectivity index (χ4n) is 4.56. The van der Waals surface area contributed by atoms with Crippen LogP contribution in [0.2, 0.25) is 0 Å². The molecular weight excluding hydrogens is 538 g/mol. The quantitative estimate of drug-likeness (QED) is 0.246. The molecule has 0 aromatic heterocycles. The average Bonchev–Trinajstić information content (AvgIpc) is 2.96. The molecule has 0 aliphatic heterocycles. The molecule has 0 aliphatic carbocycles. The average molecular weight is 580 g/mol. The van der Waals surface area contributed by atoms with Gasteiger partial charge < -0.3 is 15.0 Å². The van der Waals surface area contributed by atoms with Gasteiger partial charge in [0.1, 0.15) is 18.3 Å². The number of unbranched alkanes of at least 4 members (excludes halogenated alkanes) is 1. The van der Waals surface area contributed by atoms with Gasteiger partial charge in [0.25, 0.3) is 10.0 Å². The van der Waals surface area contributed by atoms with Crippen molar-refractivity contribution in [3.05, 3.63) is 90.0 Å². The van der Waals surface area contributed by atoms with E-state index in [9.17, 15) is 18.0 Å². The van der Waals surface area contributed by atoms with Crippen LogP contribution in [-0.2, 0) is 26.2 Å². The fraction of sp³-hybridized carbons (Fsp3) is 0.375. The van der Waals surface area contributed by atoms with E-state index in [1.165, 1.54) is 17.0 Å². The van der Waals surface area contributed by atoms with E-state index in [1.54, 1.807) is 42.5 Å².